The van der Waals surface area contributed by atoms with Crippen LogP contribution in [0.5, 0.6) is 0 Å². The summed E-state index contributed by atoms with van der Waals surface area (Å²) in [7, 11) is 0. The minimum absolute atomic E-state index is 0.251. The summed E-state index contributed by atoms with van der Waals surface area (Å²) >= 11 is 1.26. The fourth-order valence-electron chi connectivity index (χ4n) is 3.60. The summed E-state index contributed by atoms with van der Waals surface area (Å²) < 4.78 is 13.3. The van der Waals surface area contributed by atoms with E-state index in [1.54, 1.807) is 48.9 Å². The zero-order valence-electron chi connectivity index (χ0n) is 20.0. The summed E-state index contributed by atoms with van der Waals surface area (Å²) in [5.74, 6) is -1.30. The molecule has 0 saturated heterocycles. The first-order valence-electron chi connectivity index (χ1n) is 11.3. The van der Waals surface area contributed by atoms with Crippen molar-refractivity contribution in [2.24, 2.45) is 5.10 Å². The number of anilines is 1. The van der Waals surface area contributed by atoms with E-state index in [1.807, 2.05) is 11.0 Å². The first kappa shape index (κ1) is 27.2. The molecule has 0 aliphatic rings. The van der Waals surface area contributed by atoms with E-state index in [9.17, 15) is 24.2 Å². The first-order chi connectivity index (χ1) is 17.2. The van der Waals surface area contributed by atoms with Gasteiger partial charge in [-0.25, -0.2) is 9.82 Å². The molecule has 2 amide bonds. The van der Waals surface area contributed by atoms with Crippen LogP contribution in [0.2, 0.25) is 0 Å². The molecule has 3 aromatic rings. The fourth-order valence-corrected chi connectivity index (χ4v) is 4.36. The van der Waals surface area contributed by atoms with Gasteiger partial charge in [0.2, 0.25) is 0 Å². The van der Waals surface area contributed by atoms with Crippen molar-refractivity contribution in [1.82, 2.24) is 10.3 Å². The number of rotatable bonds is 11. The van der Waals surface area contributed by atoms with Crippen molar-refractivity contribution in [3.8, 4) is 0 Å². The molecular weight excluding hydrogens is 483 g/mol. The van der Waals surface area contributed by atoms with Crippen LogP contribution in [0.15, 0.2) is 64.4 Å². The number of halogens is 1. The second-order valence-corrected chi connectivity index (χ2v) is 9.24. The number of carbonyl (C=O) groups excluding carboxylic acids is 2. The highest BCUT2D eigenvalue weighted by atomic mass is 32.1. The van der Waals surface area contributed by atoms with E-state index in [0.29, 0.717) is 36.4 Å². The van der Waals surface area contributed by atoms with Gasteiger partial charge in [0.25, 0.3) is 11.8 Å². The van der Waals surface area contributed by atoms with Gasteiger partial charge in [0.1, 0.15) is 5.82 Å². The minimum Gasteiger partial charge on any atom is -0.392 e. The van der Waals surface area contributed by atoms with Crippen LogP contribution in [0.3, 0.4) is 0 Å². The highest BCUT2D eigenvalue weighted by Crippen LogP contribution is 2.22. The molecule has 0 spiro atoms. The van der Waals surface area contributed by atoms with Crippen molar-refractivity contribution in [1.29, 1.82) is 0 Å². The van der Waals surface area contributed by atoms with Gasteiger partial charge in [-0.3, -0.25) is 14.5 Å². The summed E-state index contributed by atoms with van der Waals surface area (Å²) in [5.41, 5.74) is 4.73. The number of hydrazone groups is 1. The number of hydrogen-bond acceptors (Lipinski definition) is 7. The molecule has 2 atom stereocenters. The third-order valence-electron chi connectivity index (χ3n) is 5.02. The summed E-state index contributed by atoms with van der Waals surface area (Å²) in [4.78, 5) is 27.4. The molecule has 36 heavy (non-hydrogen) atoms. The van der Waals surface area contributed by atoms with E-state index in [1.165, 1.54) is 35.8 Å². The lowest BCUT2D eigenvalue weighted by Crippen LogP contribution is -2.35. The monoisotopic (exact) mass is 512 g/mol. The molecule has 2 unspecified atom stereocenters. The fraction of sp³-hybridized carbons (Fsp3) is 0.269. The van der Waals surface area contributed by atoms with Gasteiger partial charge in [0.05, 0.1) is 29.7 Å². The second kappa shape index (κ2) is 13.0. The van der Waals surface area contributed by atoms with Crippen molar-refractivity contribution in [3.05, 3.63) is 87.4 Å². The lowest BCUT2D eigenvalue weighted by molar-refractivity contribution is 0.0793. The van der Waals surface area contributed by atoms with Gasteiger partial charge in [-0.1, -0.05) is 24.3 Å². The normalized spacial score (nSPS) is 13.1. The number of nitrogens with one attached hydrogen (secondary N) is 2. The largest absolute Gasteiger partial charge is 0.392 e. The van der Waals surface area contributed by atoms with Gasteiger partial charge in [-0.15, -0.1) is 11.3 Å². The van der Waals surface area contributed by atoms with E-state index in [-0.39, 0.29) is 11.5 Å². The Morgan fingerprint density at radius 3 is 2.47 bits per heavy atom. The van der Waals surface area contributed by atoms with Crippen LogP contribution >= 0.6 is 11.3 Å². The van der Waals surface area contributed by atoms with Gasteiger partial charge in [0, 0.05) is 36.0 Å². The zero-order chi connectivity index (χ0) is 26.1. The average molecular weight is 513 g/mol. The van der Waals surface area contributed by atoms with Crippen LogP contribution in [0.25, 0.3) is 0 Å². The van der Waals surface area contributed by atoms with Crippen molar-refractivity contribution < 1.29 is 24.2 Å². The van der Waals surface area contributed by atoms with E-state index in [4.69, 9.17) is 0 Å². The van der Waals surface area contributed by atoms with E-state index >= 15 is 0 Å². The molecule has 3 rings (SSSR count). The Morgan fingerprint density at radius 2 is 1.78 bits per heavy atom. The molecule has 0 aliphatic carbocycles. The number of nitrogens with zero attached hydrogens (tertiary/aromatic N) is 2. The zero-order valence-corrected chi connectivity index (χ0v) is 20.8. The van der Waals surface area contributed by atoms with Crippen LogP contribution in [0, 0.1) is 5.82 Å². The molecule has 0 aliphatic heterocycles. The summed E-state index contributed by atoms with van der Waals surface area (Å²) in [6, 6.07) is 12.8. The lowest BCUT2D eigenvalue weighted by atomic mass is 10.1. The van der Waals surface area contributed by atoms with Crippen molar-refractivity contribution in [3.63, 3.8) is 0 Å². The molecule has 0 fully saturated rings. The number of aliphatic hydroxyl groups excluding tert-OH is 2. The SMILES string of the molecule is CC(O)CN(Cc1cccc(C(=O)Nc2cscc2C(=O)N/N=C/c2cccc(F)c2)c1)CC(C)O. The number of thiophene rings is 1. The third kappa shape index (κ3) is 8.35. The molecule has 1 aromatic heterocycles. The van der Waals surface area contributed by atoms with Crippen LogP contribution in [0.4, 0.5) is 10.1 Å². The molecule has 1 heterocycles. The molecule has 0 saturated carbocycles. The number of benzene rings is 2. The quantitative estimate of drug-likeness (QED) is 0.232. The number of hydrogen-bond donors (Lipinski definition) is 4. The first-order valence-corrected chi connectivity index (χ1v) is 12.3. The highest BCUT2D eigenvalue weighted by Gasteiger charge is 2.17. The molecular formula is C26H29FN4O4S. The maximum Gasteiger partial charge on any atom is 0.274 e. The second-order valence-electron chi connectivity index (χ2n) is 8.50. The molecule has 8 nitrogen and oxygen atoms in total. The molecule has 0 radical (unpaired) electrons. The van der Waals surface area contributed by atoms with Gasteiger partial charge in [0.15, 0.2) is 0 Å². The lowest BCUT2D eigenvalue weighted by Gasteiger charge is -2.25. The Bertz CT molecular complexity index is 1200. The van der Waals surface area contributed by atoms with Crippen molar-refractivity contribution >= 4 is 35.1 Å². The number of aliphatic hydroxyl groups is 2. The maximum atomic E-state index is 13.3. The Labute approximate surface area is 213 Å². The van der Waals surface area contributed by atoms with Crippen molar-refractivity contribution in [2.75, 3.05) is 18.4 Å². The van der Waals surface area contributed by atoms with Gasteiger partial charge in [-0.05, 0) is 49.2 Å². The van der Waals surface area contributed by atoms with Crippen LogP contribution < -0.4 is 10.7 Å². The smallest absolute Gasteiger partial charge is 0.274 e. The topological polar surface area (TPSA) is 114 Å². The molecule has 0 bridgehead atoms. The predicted molar refractivity (Wildman–Crippen MR) is 139 cm³/mol. The van der Waals surface area contributed by atoms with E-state index in [2.05, 4.69) is 15.8 Å². The van der Waals surface area contributed by atoms with E-state index in [0.717, 1.165) is 5.56 Å². The molecule has 190 valence electrons. The molecule has 4 N–H and O–H groups in total. The van der Waals surface area contributed by atoms with Crippen molar-refractivity contribution in [2.45, 2.75) is 32.6 Å². The standard InChI is InChI=1S/C26H29FN4O4S/c1-17(32)12-31(13-18(2)33)14-20-6-3-7-21(9-20)25(34)29-24-16-36-15-23(24)26(35)30-28-11-19-5-4-8-22(27)10-19/h3-11,15-18,32-33H,12-14H2,1-2H3,(H,29,34)(H,30,35)/b28-11+. The third-order valence-corrected chi connectivity index (χ3v) is 5.77. The Hall–Kier alpha value is -3.44. The maximum absolute atomic E-state index is 13.3. The summed E-state index contributed by atoms with van der Waals surface area (Å²) in [6.45, 7) is 4.58. The van der Waals surface area contributed by atoms with Crippen LogP contribution in [0.1, 0.15) is 45.7 Å². The average Bonchev–Trinajstić information content (AvgIpc) is 3.26. The van der Waals surface area contributed by atoms with Gasteiger partial charge < -0.3 is 15.5 Å². The summed E-state index contributed by atoms with van der Waals surface area (Å²) in [6.07, 6.45) is 0.211. The Balaban J connectivity index is 1.65. The predicted octanol–water partition coefficient (Wildman–Crippen LogP) is 3.47. The molecule has 2 aromatic carbocycles. The van der Waals surface area contributed by atoms with Gasteiger partial charge in [-0.2, -0.15) is 5.10 Å². The number of carbonyl (C=O) groups is 2. The summed E-state index contributed by atoms with van der Waals surface area (Å²) in [5, 5.41) is 29.4. The minimum atomic E-state index is -0.559. The molecule has 10 heteroatoms. The van der Waals surface area contributed by atoms with Gasteiger partial charge >= 0.3 is 0 Å². The Kier molecular flexibility index (Phi) is 9.83. The Morgan fingerprint density at radius 1 is 1.06 bits per heavy atom. The number of amides is 2. The van der Waals surface area contributed by atoms with E-state index < -0.39 is 23.9 Å². The highest BCUT2D eigenvalue weighted by molar-refractivity contribution is 7.08. The van der Waals surface area contributed by atoms with Crippen LogP contribution in [-0.2, 0) is 6.54 Å². The van der Waals surface area contributed by atoms with Crippen LogP contribution in [-0.4, -0.2) is 58.4 Å².